The minimum Gasteiger partial charge on any atom is -0.479 e. The SMILES string of the molecule is Cc1nc2cc(-c3ccc4c(c3)CCCC4)nn2c(-c2ccc(F)cc2)c1C(OC(C)(C)C)C(=O)O. The molecule has 5 rings (SSSR count). The third-order valence-electron chi connectivity index (χ3n) is 6.55. The highest BCUT2D eigenvalue weighted by atomic mass is 19.1. The number of benzene rings is 2. The molecule has 4 aromatic rings. The molecular weight excluding hydrogens is 457 g/mol. The van der Waals surface area contributed by atoms with E-state index in [-0.39, 0.29) is 5.82 Å². The van der Waals surface area contributed by atoms with E-state index < -0.39 is 17.7 Å². The smallest absolute Gasteiger partial charge is 0.337 e. The second-order valence-electron chi connectivity index (χ2n) is 10.4. The number of ether oxygens (including phenoxy) is 1. The van der Waals surface area contributed by atoms with Crippen LogP contribution in [-0.4, -0.2) is 31.3 Å². The van der Waals surface area contributed by atoms with Gasteiger partial charge in [0.2, 0.25) is 0 Å². The van der Waals surface area contributed by atoms with Gasteiger partial charge >= 0.3 is 5.97 Å². The Hall–Kier alpha value is -3.58. The van der Waals surface area contributed by atoms with Crippen molar-refractivity contribution in [3.63, 3.8) is 0 Å². The highest BCUT2D eigenvalue weighted by Crippen LogP contribution is 2.36. The molecule has 1 unspecified atom stereocenters. The predicted octanol–water partition coefficient (Wildman–Crippen LogP) is 6.33. The minimum absolute atomic E-state index is 0.377. The number of carbonyl (C=O) groups is 1. The average Bonchev–Trinajstić information content (AvgIpc) is 3.25. The third kappa shape index (κ3) is 4.63. The van der Waals surface area contributed by atoms with E-state index in [1.54, 1.807) is 23.6 Å². The normalized spacial score (nSPS) is 14.6. The Morgan fingerprint density at radius 3 is 2.36 bits per heavy atom. The molecule has 36 heavy (non-hydrogen) atoms. The number of aryl methyl sites for hydroxylation is 3. The van der Waals surface area contributed by atoms with Gasteiger partial charge in [-0.15, -0.1) is 0 Å². The van der Waals surface area contributed by atoms with Crippen LogP contribution < -0.4 is 0 Å². The van der Waals surface area contributed by atoms with Gasteiger partial charge in [-0.05, 0) is 94.8 Å². The Morgan fingerprint density at radius 1 is 1.03 bits per heavy atom. The molecule has 2 heterocycles. The van der Waals surface area contributed by atoms with Crippen molar-refractivity contribution < 1.29 is 19.0 Å². The molecule has 186 valence electrons. The zero-order chi connectivity index (χ0) is 25.6. The van der Waals surface area contributed by atoms with Crippen molar-refractivity contribution in [3.05, 3.63) is 76.7 Å². The number of aliphatic carboxylic acids is 1. The number of carboxylic acid groups (broad SMARTS) is 1. The molecule has 0 amide bonds. The predicted molar refractivity (Wildman–Crippen MR) is 136 cm³/mol. The van der Waals surface area contributed by atoms with Gasteiger partial charge in [0, 0.05) is 28.5 Å². The van der Waals surface area contributed by atoms with Gasteiger partial charge in [-0.3, -0.25) is 0 Å². The van der Waals surface area contributed by atoms with E-state index in [9.17, 15) is 14.3 Å². The molecular formula is C29H30FN3O3. The van der Waals surface area contributed by atoms with Gasteiger partial charge in [-0.25, -0.2) is 18.7 Å². The second kappa shape index (κ2) is 9.13. The maximum absolute atomic E-state index is 13.8. The number of hydrogen-bond acceptors (Lipinski definition) is 4. The topological polar surface area (TPSA) is 76.7 Å². The lowest BCUT2D eigenvalue weighted by molar-refractivity contribution is -0.160. The molecule has 2 aromatic heterocycles. The van der Waals surface area contributed by atoms with Crippen LogP contribution in [0.1, 0.15) is 62.1 Å². The summed E-state index contributed by atoms with van der Waals surface area (Å²) < 4.78 is 21.5. The number of carboxylic acids is 1. The Labute approximate surface area is 209 Å². The lowest BCUT2D eigenvalue weighted by atomic mass is 9.90. The molecule has 0 saturated heterocycles. The molecule has 0 spiro atoms. The van der Waals surface area contributed by atoms with Crippen LogP contribution in [0.5, 0.6) is 0 Å². The first kappa shape index (κ1) is 24.1. The number of halogens is 1. The summed E-state index contributed by atoms with van der Waals surface area (Å²) in [7, 11) is 0. The summed E-state index contributed by atoms with van der Waals surface area (Å²) >= 11 is 0. The molecule has 2 aromatic carbocycles. The first-order valence-corrected chi connectivity index (χ1v) is 12.3. The molecule has 0 fully saturated rings. The highest BCUT2D eigenvalue weighted by Gasteiger charge is 2.33. The van der Waals surface area contributed by atoms with E-state index in [0.29, 0.717) is 28.2 Å². The van der Waals surface area contributed by atoms with Crippen molar-refractivity contribution in [1.29, 1.82) is 0 Å². The molecule has 1 atom stereocenters. The number of hydrogen-bond donors (Lipinski definition) is 1. The van der Waals surface area contributed by atoms with Gasteiger partial charge in [0.05, 0.1) is 17.0 Å². The van der Waals surface area contributed by atoms with E-state index in [4.69, 9.17) is 14.8 Å². The van der Waals surface area contributed by atoms with E-state index in [1.165, 1.54) is 36.1 Å². The summed E-state index contributed by atoms with van der Waals surface area (Å²) in [5, 5.41) is 15.0. The molecule has 0 aliphatic heterocycles. The van der Waals surface area contributed by atoms with Crippen LogP contribution in [0, 0.1) is 12.7 Å². The lowest BCUT2D eigenvalue weighted by Crippen LogP contribution is -2.29. The molecule has 0 radical (unpaired) electrons. The van der Waals surface area contributed by atoms with Crippen LogP contribution in [0.3, 0.4) is 0 Å². The summed E-state index contributed by atoms with van der Waals surface area (Å²) in [6.45, 7) is 7.20. The molecule has 1 aliphatic rings. The van der Waals surface area contributed by atoms with Gasteiger partial charge in [-0.2, -0.15) is 5.10 Å². The van der Waals surface area contributed by atoms with Crippen molar-refractivity contribution in [2.45, 2.75) is 65.1 Å². The van der Waals surface area contributed by atoms with Crippen LogP contribution in [0.25, 0.3) is 28.2 Å². The zero-order valence-corrected chi connectivity index (χ0v) is 21.0. The standard InChI is InChI=1S/C29H30FN3O3/c1-17-25(27(28(34)35)36-29(2,3)4)26(19-11-13-22(30)14-12-19)33-24(31-17)16-23(32-33)21-10-9-18-7-5-6-8-20(18)15-21/h9-16,27H,5-8H2,1-4H3,(H,34,35). The summed E-state index contributed by atoms with van der Waals surface area (Å²) in [6, 6.07) is 14.3. The first-order valence-electron chi connectivity index (χ1n) is 12.3. The quantitative estimate of drug-likeness (QED) is 0.356. The van der Waals surface area contributed by atoms with Gasteiger partial charge in [0.15, 0.2) is 11.8 Å². The maximum atomic E-state index is 13.8. The van der Waals surface area contributed by atoms with E-state index in [1.807, 2.05) is 26.8 Å². The molecule has 7 heteroatoms. The average molecular weight is 488 g/mol. The van der Waals surface area contributed by atoms with Crippen LogP contribution in [0.4, 0.5) is 4.39 Å². The van der Waals surface area contributed by atoms with Crippen molar-refractivity contribution in [1.82, 2.24) is 14.6 Å². The Morgan fingerprint density at radius 2 is 1.69 bits per heavy atom. The number of rotatable bonds is 5. The fourth-order valence-corrected chi connectivity index (χ4v) is 4.95. The summed E-state index contributed by atoms with van der Waals surface area (Å²) in [6.07, 6.45) is 3.28. The van der Waals surface area contributed by atoms with Gasteiger partial charge < -0.3 is 9.84 Å². The molecule has 1 aliphatic carbocycles. The Bertz CT molecular complexity index is 1450. The van der Waals surface area contributed by atoms with Crippen LogP contribution in [0.15, 0.2) is 48.5 Å². The van der Waals surface area contributed by atoms with Crippen LogP contribution >= 0.6 is 0 Å². The van der Waals surface area contributed by atoms with E-state index >= 15 is 0 Å². The van der Waals surface area contributed by atoms with E-state index in [0.717, 1.165) is 24.1 Å². The Kier molecular flexibility index (Phi) is 6.12. The van der Waals surface area contributed by atoms with Gasteiger partial charge in [-0.1, -0.05) is 12.1 Å². The van der Waals surface area contributed by atoms with Crippen LogP contribution in [0.2, 0.25) is 0 Å². The monoisotopic (exact) mass is 487 g/mol. The molecule has 1 N–H and O–H groups in total. The van der Waals surface area contributed by atoms with Crippen LogP contribution in [-0.2, 0) is 22.4 Å². The largest absolute Gasteiger partial charge is 0.479 e. The highest BCUT2D eigenvalue weighted by molar-refractivity contribution is 5.81. The van der Waals surface area contributed by atoms with Gasteiger partial charge in [0.1, 0.15) is 5.82 Å². The van der Waals surface area contributed by atoms with Crippen molar-refractivity contribution in [3.8, 4) is 22.5 Å². The molecule has 0 saturated carbocycles. The number of nitrogens with zero attached hydrogens (tertiary/aromatic N) is 3. The summed E-state index contributed by atoms with van der Waals surface area (Å²) in [5.41, 5.74) is 6.43. The lowest BCUT2D eigenvalue weighted by Gasteiger charge is -2.27. The second-order valence-corrected chi connectivity index (χ2v) is 10.4. The van der Waals surface area contributed by atoms with E-state index in [2.05, 4.69) is 18.2 Å². The molecule has 6 nitrogen and oxygen atoms in total. The fourth-order valence-electron chi connectivity index (χ4n) is 4.95. The number of aromatic nitrogens is 3. The van der Waals surface area contributed by atoms with Crippen molar-refractivity contribution in [2.24, 2.45) is 0 Å². The van der Waals surface area contributed by atoms with Crippen molar-refractivity contribution in [2.75, 3.05) is 0 Å². The number of fused-ring (bicyclic) bond motifs is 2. The minimum atomic E-state index is -1.28. The fraction of sp³-hybridized carbons (Fsp3) is 0.345. The maximum Gasteiger partial charge on any atom is 0.337 e. The van der Waals surface area contributed by atoms with Crippen molar-refractivity contribution >= 4 is 11.6 Å². The zero-order valence-electron chi connectivity index (χ0n) is 21.0. The van der Waals surface area contributed by atoms with Gasteiger partial charge in [0.25, 0.3) is 0 Å². The Balaban J connectivity index is 1.75. The first-order chi connectivity index (χ1) is 17.1. The molecule has 0 bridgehead atoms. The third-order valence-corrected chi connectivity index (χ3v) is 6.55. The summed E-state index contributed by atoms with van der Waals surface area (Å²) in [5.74, 6) is -1.50. The summed E-state index contributed by atoms with van der Waals surface area (Å²) in [4.78, 5) is 17.2.